The van der Waals surface area contributed by atoms with Gasteiger partial charge >= 0.3 is 0 Å². The topological polar surface area (TPSA) is 103 Å². The summed E-state index contributed by atoms with van der Waals surface area (Å²) in [5, 5.41) is 13.4. The molecule has 7 nitrogen and oxygen atoms in total. The van der Waals surface area contributed by atoms with Crippen LogP contribution in [-0.2, 0) is 4.79 Å². The summed E-state index contributed by atoms with van der Waals surface area (Å²) < 4.78 is 5.98. The van der Waals surface area contributed by atoms with Gasteiger partial charge in [-0.25, -0.2) is 4.98 Å². The number of ether oxygens (including phenoxy) is 1. The van der Waals surface area contributed by atoms with Crippen molar-refractivity contribution in [3.63, 3.8) is 0 Å². The van der Waals surface area contributed by atoms with Gasteiger partial charge in [-0.1, -0.05) is 35.2 Å². The first kappa shape index (κ1) is 17.6. The van der Waals surface area contributed by atoms with Crippen LogP contribution in [0.3, 0.4) is 0 Å². The summed E-state index contributed by atoms with van der Waals surface area (Å²) in [7, 11) is 1.62. The number of nitrogens with two attached hydrogens (primary N) is 1. The van der Waals surface area contributed by atoms with Crippen molar-refractivity contribution in [1.82, 2.24) is 15.2 Å². The molecular weight excluding hydrogens is 378 g/mol. The Balaban J connectivity index is 1.52. The van der Waals surface area contributed by atoms with Crippen molar-refractivity contribution in [2.24, 2.45) is 0 Å². The number of nitrogens with zero attached hydrogens (tertiary/aromatic N) is 3. The predicted octanol–water partition coefficient (Wildman–Crippen LogP) is 3.37. The summed E-state index contributed by atoms with van der Waals surface area (Å²) in [5.74, 6) is 1.29. The van der Waals surface area contributed by atoms with Crippen molar-refractivity contribution in [2.45, 2.75) is 10.8 Å². The molecule has 0 atom stereocenters. The highest BCUT2D eigenvalue weighted by Gasteiger charge is 2.10. The minimum absolute atomic E-state index is 0.0865. The van der Waals surface area contributed by atoms with Gasteiger partial charge in [-0.15, -0.1) is 21.5 Å². The lowest BCUT2D eigenvalue weighted by Gasteiger charge is -2.02. The van der Waals surface area contributed by atoms with Gasteiger partial charge in [0.25, 0.3) is 0 Å². The molecule has 0 aliphatic rings. The van der Waals surface area contributed by atoms with Gasteiger partial charge < -0.3 is 15.8 Å². The summed E-state index contributed by atoms with van der Waals surface area (Å²) in [4.78, 5) is 16.5. The molecule has 3 rings (SSSR count). The third kappa shape index (κ3) is 4.91. The van der Waals surface area contributed by atoms with E-state index >= 15 is 0 Å². The van der Waals surface area contributed by atoms with Crippen molar-refractivity contribution in [2.75, 3.05) is 23.9 Å². The molecule has 0 saturated heterocycles. The molecule has 0 spiro atoms. The SMILES string of the molecule is COc1cccc(-c2csc(NC(=O)CCSc3nnc(N)s3)n2)c1. The van der Waals surface area contributed by atoms with E-state index in [0.29, 0.717) is 22.4 Å². The Morgan fingerprint density at radius 3 is 3.04 bits per heavy atom. The Labute approximate surface area is 156 Å². The zero-order chi connectivity index (χ0) is 17.6. The van der Waals surface area contributed by atoms with Gasteiger partial charge in [-0.2, -0.15) is 0 Å². The van der Waals surface area contributed by atoms with Crippen LogP contribution in [-0.4, -0.2) is 34.0 Å². The van der Waals surface area contributed by atoms with Gasteiger partial charge in [0.1, 0.15) is 5.75 Å². The van der Waals surface area contributed by atoms with E-state index in [2.05, 4.69) is 20.5 Å². The van der Waals surface area contributed by atoms with Crippen LogP contribution in [0.25, 0.3) is 11.3 Å². The van der Waals surface area contributed by atoms with Crippen molar-refractivity contribution in [3.05, 3.63) is 29.6 Å². The molecule has 1 amide bonds. The number of nitrogens with one attached hydrogen (secondary N) is 1. The number of carbonyl (C=O) groups is 1. The molecule has 0 saturated carbocycles. The summed E-state index contributed by atoms with van der Waals surface area (Å²) in [5.41, 5.74) is 7.27. The van der Waals surface area contributed by atoms with E-state index in [9.17, 15) is 4.79 Å². The molecule has 2 aromatic heterocycles. The molecule has 10 heteroatoms. The molecule has 2 heterocycles. The fourth-order valence-corrected chi connectivity index (χ4v) is 4.32. The maximum atomic E-state index is 12.0. The Kier molecular flexibility index (Phi) is 5.84. The van der Waals surface area contributed by atoms with Crippen LogP contribution in [0.2, 0.25) is 0 Å². The lowest BCUT2D eigenvalue weighted by Crippen LogP contribution is -2.11. The molecule has 130 valence electrons. The van der Waals surface area contributed by atoms with Crippen molar-refractivity contribution < 1.29 is 9.53 Å². The van der Waals surface area contributed by atoms with Gasteiger partial charge in [-0.3, -0.25) is 4.79 Å². The zero-order valence-corrected chi connectivity index (χ0v) is 15.7. The predicted molar refractivity (Wildman–Crippen MR) is 102 cm³/mol. The number of benzene rings is 1. The Hall–Kier alpha value is -2.17. The number of anilines is 2. The number of nitrogen functional groups attached to an aromatic ring is 1. The largest absolute Gasteiger partial charge is 0.497 e. The summed E-state index contributed by atoms with van der Waals surface area (Å²) >= 11 is 4.16. The van der Waals surface area contributed by atoms with Crippen molar-refractivity contribution >= 4 is 50.6 Å². The minimum Gasteiger partial charge on any atom is -0.497 e. The highest BCUT2D eigenvalue weighted by atomic mass is 32.2. The van der Waals surface area contributed by atoms with Crippen LogP contribution in [0.1, 0.15) is 6.42 Å². The molecule has 1 aromatic carbocycles. The molecule has 0 unspecified atom stereocenters. The maximum Gasteiger partial charge on any atom is 0.226 e. The highest BCUT2D eigenvalue weighted by molar-refractivity contribution is 8.01. The molecule has 0 radical (unpaired) electrons. The number of thiazole rings is 1. The van der Waals surface area contributed by atoms with E-state index in [1.165, 1.54) is 34.4 Å². The van der Waals surface area contributed by atoms with Gasteiger partial charge in [0, 0.05) is 23.1 Å². The smallest absolute Gasteiger partial charge is 0.226 e. The maximum absolute atomic E-state index is 12.0. The monoisotopic (exact) mass is 393 g/mol. The number of amides is 1. The third-order valence-corrected chi connectivity index (χ3v) is 5.74. The van der Waals surface area contributed by atoms with E-state index in [4.69, 9.17) is 10.5 Å². The van der Waals surface area contributed by atoms with Gasteiger partial charge in [0.2, 0.25) is 11.0 Å². The molecule has 3 aromatic rings. The van der Waals surface area contributed by atoms with E-state index in [1.807, 2.05) is 29.6 Å². The fraction of sp³-hybridized carbons (Fsp3) is 0.200. The Morgan fingerprint density at radius 2 is 2.28 bits per heavy atom. The van der Waals surface area contributed by atoms with E-state index in [0.717, 1.165) is 21.3 Å². The number of methoxy groups -OCH3 is 1. The second kappa shape index (κ2) is 8.28. The lowest BCUT2D eigenvalue weighted by atomic mass is 10.2. The number of rotatable bonds is 7. The average Bonchev–Trinajstić information content (AvgIpc) is 3.24. The van der Waals surface area contributed by atoms with Crippen LogP contribution >= 0.6 is 34.4 Å². The second-order valence-electron chi connectivity index (χ2n) is 4.82. The molecular formula is C15H15N5O2S3. The number of aromatic nitrogens is 3. The standard InChI is InChI=1S/C15H15N5O2S3/c1-22-10-4-2-3-9(7-10)11-8-24-14(17-11)18-12(21)5-6-23-15-20-19-13(16)25-15/h2-4,7-8H,5-6H2,1H3,(H2,16,19)(H,17,18,21). The van der Waals surface area contributed by atoms with Crippen LogP contribution in [0.15, 0.2) is 34.0 Å². The van der Waals surface area contributed by atoms with Crippen molar-refractivity contribution in [1.29, 1.82) is 0 Å². The zero-order valence-electron chi connectivity index (χ0n) is 13.3. The first-order chi connectivity index (χ1) is 12.1. The van der Waals surface area contributed by atoms with E-state index < -0.39 is 0 Å². The van der Waals surface area contributed by atoms with E-state index in [-0.39, 0.29) is 5.91 Å². The molecule has 0 fully saturated rings. The number of carbonyl (C=O) groups excluding carboxylic acids is 1. The van der Waals surface area contributed by atoms with Crippen molar-refractivity contribution in [3.8, 4) is 17.0 Å². The Bertz CT molecular complexity index is 864. The summed E-state index contributed by atoms with van der Waals surface area (Å²) in [6, 6.07) is 7.64. The van der Waals surface area contributed by atoms with Crippen LogP contribution in [0.4, 0.5) is 10.3 Å². The van der Waals surface area contributed by atoms with Crippen LogP contribution < -0.4 is 15.8 Å². The number of hydrogen-bond acceptors (Lipinski definition) is 9. The van der Waals surface area contributed by atoms with Gasteiger partial charge in [0.15, 0.2) is 9.47 Å². The average molecular weight is 394 g/mol. The number of hydrogen-bond donors (Lipinski definition) is 2. The van der Waals surface area contributed by atoms with Crippen LogP contribution in [0.5, 0.6) is 5.75 Å². The third-order valence-electron chi connectivity index (χ3n) is 3.09. The number of thioether (sulfide) groups is 1. The second-order valence-corrected chi connectivity index (χ2v) is 8.03. The Morgan fingerprint density at radius 1 is 1.40 bits per heavy atom. The first-order valence-corrected chi connectivity index (χ1v) is 9.94. The first-order valence-electron chi connectivity index (χ1n) is 7.25. The quantitative estimate of drug-likeness (QED) is 0.593. The highest BCUT2D eigenvalue weighted by Crippen LogP contribution is 2.28. The normalized spacial score (nSPS) is 10.6. The molecule has 25 heavy (non-hydrogen) atoms. The van der Waals surface area contributed by atoms with Gasteiger partial charge in [0.05, 0.1) is 12.8 Å². The molecule has 0 aliphatic heterocycles. The lowest BCUT2D eigenvalue weighted by molar-refractivity contribution is -0.115. The minimum atomic E-state index is -0.0865. The molecule has 0 aliphatic carbocycles. The van der Waals surface area contributed by atoms with Crippen LogP contribution in [0, 0.1) is 0 Å². The van der Waals surface area contributed by atoms with Gasteiger partial charge in [-0.05, 0) is 12.1 Å². The van der Waals surface area contributed by atoms with E-state index in [1.54, 1.807) is 7.11 Å². The molecule has 3 N–H and O–H groups in total. The fourth-order valence-electron chi connectivity index (χ4n) is 1.94. The molecule has 0 bridgehead atoms. The summed E-state index contributed by atoms with van der Waals surface area (Å²) in [6.45, 7) is 0. The summed E-state index contributed by atoms with van der Waals surface area (Å²) in [6.07, 6.45) is 0.359.